The van der Waals surface area contributed by atoms with Gasteiger partial charge in [0, 0.05) is 112 Å². The SMILES string of the molecule is COCCOCCOCCOCCOCCOCCOCCOCCOCCOCCOCCOCCOCCOCCOCCOCCOCCOCCOCCOCCOCCOCCOCCOCCNC(=O)CCCCC[N+]1=c2cc3c(cc2C(CS(=O)(=O)[O-])=CC1(C)C)=C(C#N)c1cc2c(cc1O3)N(CCCCCC(=O)ON1C(=O)CCC1=O)C(C)(C)C=C2CSOO[O-]. The van der Waals surface area contributed by atoms with Gasteiger partial charge in [0.1, 0.15) is 24.1 Å². The quantitative estimate of drug-likeness (QED) is 0.0188. The summed E-state index contributed by atoms with van der Waals surface area (Å²) < 4.78 is 183. The Hall–Kier alpha value is -6.06. The van der Waals surface area contributed by atoms with E-state index in [0.29, 0.717) is 419 Å². The van der Waals surface area contributed by atoms with Crippen molar-refractivity contribution < 1.29 is 170 Å². The Morgan fingerprint density at radius 3 is 1.21 bits per heavy atom. The number of unbranched alkanes of at least 4 members (excludes halogenated alkanes) is 4. The lowest BCUT2D eigenvalue weighted by molar-refractivity contribution is -0.777. The lowest BCUT2D eigenvalue weighted by Gasteiger charge is -2.44. The fraction of sp³-hybridized carbons (Fsp3) is 0.758. The van der Waals surface area contributed by atoms with E-state index < -0.39 is 44.7 Å². The van der Waals surface area contributed by atoms with E-state index >= 15 is 0 Å². The summed E-state index contributed by atoms with van der Waals surface area (Å²) in [5.74, 6) is -1.74. The van der Waals surface area contributed by atoms with Crippen LogP contribution < -0.4 is 35.4 Å². The topological polar surface area (TPSA) is 452 Å². The monoisotopic (exact) mass is 1950 g/mol. The third-order valence-electron chi connectivity index (χ3n) is 20.3. The molecule has 3 amide bonds. The van der Waals surface area contributed by atoms with Crippen LogP contribution in [0.15, 0.2) is 36.4 Å². The maximum Gasteiger partial charge on any atom is 0.333 e. The van der Waals surface area contributed by atoms with Gasteiger partial charge in [-0.3, -0.25) is 19.4 Å². The molecule has 4 aliphatic heterocycles. The van der Waals surface area contributed by atoms with Crippen molar-refractivity contribution in [2.75, 3.05) is 354 Å². The molecule has 6 rings (SSSR count). The molecule has 134 heavy (non-hydrogen) atoms. The smallest absolute Gasteiger partial charge is 0.333 e. The number of ether oxygens (including phenoxy) is 25. The average molecular weight is 1950 g/mol. The van der Waals surface area contributed by atoms with E-state index in [0.717, 1.165) is 28.9 Å². The number of carbonyl (C=O) groups is 4. The summed E-state index contributed by atoms with van der Waals surface area (Å²) in [6, 6.07) is 9.58. The molecular weight excluding hydrogens is 1800 g/mol. The van der Waals surface area contributed by atoms with E-state index in [1.807, 2.05) is 45.9 Å². The molecular formula is C91H146N5O36S2-. The first-order chi connectivity index (χ1) is 65.4. The highest BCUT2D eigenvalue weighted by molar-refractivity contribution is 7.95. The molecule has 764 valence electrons. The van der Waals surface area contributed by atoms with Crippen LogP contribution in [0.4, 0.5) is 5.69 Å². The van der Waals surface area contributed by atoms with Gasteiger partial charge in [-0.15, -0.1) is 5.06 Å². The first kappa shape index (κ1) is 117. The summed E-state index contributed by atoms with van der Waals surface area (Å²) >= 11 is 0.798. The summed E-state index contributed by atoms with van der Waals surface area (Å²) in [7, 11) is -3.12. The maximum absolute atomic E-state index is 12.9. The molecule has 0 atom stereocenters. The summed E-state index contributed by atoms with van der Waals surface area (Å²) in [6.07, 6.45) is 7.70. The number of amides is 3. The van der Waals surface area contributed by atoms with Gasteiger partial charge in [0.25, 0.3) is 11.8 Å². The van der Waals surface area contributed by atoms with Crippen LogP contribution in [0.1, 0.15) is 109 Å². The van der Waals surface area contributed by atoms with Crippen LogP contribution in [0.3, 0.4) is 0 Å². The van der Waals surface area contributed by atoms with E-state index in [4.69, 9.17) is 123 Å². The molecule has 0 bridgehead atoms. The van der Waals surface area contributed by atoms with Gasteiger partial charge in [-0.25, -0.2) is 17.8 Å². The van der Waals surface area contributed by atoms with Crippen molar-refractivity contribution >= 4 is 68.3 Å². The normalized spacial score (nSPS) is 14.4. The van der Waals surface area contributed by atoms with Crippen LogP contribution in [0.25, 0.3) is 16.7 Å². The Kier molecular flexibility index (Phi) is 64.4. The van der Waals surface area contributed by atoms with Crippen molar-refractivity contribution in [3.63, 3.8) is 0 Å². The Balaban J connectivity index is 0.651. The van der Waals surface area contributed by atoms with Crippen molar-refractivity contribution in [2.24, 2.45) is 0 Å². The van der Waals surface area contributed by atoms with E-state index in [1.54, 1.807) is 25.3 Å². The molecule has 0 aliphatic carbocycles. The van der Waals surface area contributed by atoms with Crippen molar-refractivity contribution in [1.29, 1.82) is 5.26 Å². The molecule has 2 aromatic carbocycles. The minimum Gasteiger partial charge on any atom is -0.748 e. The van der Waals surface area contributed by atoms with Gasteiger partial charge in [0.05, 0.1) is 349 Å². The molecule has 1 saturated heterocycles. The van der Waals surface area contributed by atoms with Crippen LogP contribution in [-0.4, -0.2) is 402 Å². The Morgan fingerprint density at radius 1 is 0.463 bits per heavy atom. The number of nitrogens with zero attached hydrogens (tertiary/aromatic N) is 4. The number of fused-ring (bicyclic) bond motifs is 4. The highest BCUT2D eigenvalue weighted by Gasteiger charge is 2.39. The minimum absolute atomic E-state index is 0.000118. The lowest BCUT2D eigenvalue weighted by atomic mass is 9.85. The van der Waals surface area contributed by atoms with Crippen LogP contribution in [0.2, 0.25) is 0 Å². The minimum atomic E-state index is -4.76. The number of nitrogens with one attached hydrogen (secondary N) is 1. The van der Waals surface area contributed by atoms with Crippen molar-refractivity contribution in [2.45, 2.75) is 103 Å². The van der Waals surface area contributed by atoms with Crippen molar-refractivity contribution in [3.05, 3.63) is 63.7 Å². The first-order valence-electron chi connectivity index (χ1n) is 46.3. The molecule has 0 aromatic heterocycles. The maximum atomic E-state index is 12.9. The molecule has 41 nitrogen and oxygen atoms in total. The van der Waals surface area contributed by atoms with Crippen LogP contribution in [0, 0.1) is 11.3 Å². The van der Waals surface area contributed by atoms with E-state index in [-0.39, 0.29) is 36.5 Å². The zero-order valence-electron chi connectivity index (χ0n) is 79.1. The van der Waals surface area contributed by atoms with Gasteiger partial charge in [0.15, 0.2) is 5.54 Å². The summed E-state index contributed by atoms with van der Waals surface area (Å²) in [4.78, 5) is 56.6. The molecule has 0 radical (unpaired) electrons. The summed E-state index contributed by atoms with van der Waals surface area (Å²) in [5, 5.41) is 30.0. The number of imide groups is 1. The molecule has 1 fully saturated rings. The van der Waals surface area contributed by atoms with Gasteiger partial charge in [-0.2, -0.15) is 9.60 Å². The predicted octanol–water partition coefficient (Wildman–Crippen LogP) is 3.45. The fourth-order valence-electron chi connectivity index (χ4n) is 13.9. The van der Waals surface area contributed by atoms with E-state index in [1.165, 1.54) is 0 Å². The number of rotatable bonds is 91. The Labute approximate surface area is 792 Å². The van der Waals surface area contributed by atoms with Crippen molar-refractivity contribution in [3.8, 4) is 17.6 Å². The van der Waals surface area contributed by atoms with Crippen LogP contribution >= 0.6 is 12.0 Å². The van der Waals surface area contributed by atoms with Gasteiger partial charge >= 0.3 is 5.97 Å². The lowest BCUT2D eigenvalue weighted by Crippen LogP contribution is -2.50. The predicted molar refractivity (Wildman–Crippen MR) is 485 cm³/mol. The van der Waals surface area contributed by atoms with E-state index in [2.05, 4.69) is 30.2 Å². The molecule has 0 spiro atoms. The highest BCUT2D eigenvalue weighted by Crippen LogP contribution is 2.46. The third kappa shape index (κ3) is 51.7. The molecule has 4 aliphatic rings. The highest BCUT2D eigenvalue weighted by atomic mass is 32.2. The number of hydrogen-bond acceptors (Lipinski definition) is 39. The molecule has 1 N–H and O–H groups in total. The number of methoxy groups -OCH3 is 1. The van der Waals surface area contributed by atoms with Crippen molar-refractivity contribution in [1.82, 2.24) is 15.0 Å². The zero-order valence-corrected chi connectivity index (χ0v) is 80.7. The second-order valence-corrected chi connectivity index (χ2v) is 33.5. The molecule has 0 saturated carbocycles. The Morgan fingerprint density at radius 2 is 0.836 bits per heavy atom. The molecule has 43 heteroatoms. The first-order valence-corrected chi connectivity index (χ1v) is 48.8. The van der Waals surface area contributed by atoms with Gasteiger partial charge < -0.3 is 143 Å². The fourth-order valence-corrected chi connectivity index (χ4v) is 14.9. The van der Waals surface area contributed by atoms with Crippen LogP contribution in [0.5, 0.6) is 11.5 Å². The number of anilines is 1. The molecule has 0 unspecified atom stereocenters. The summed E-state index contributed by atoms with van der Waals surface area (Å²) in [6.45, 7) is 30.9. The Bertz CT molecular complexity index is 3880. The summed E-state index contributed by atoms with van der Waals surface area (Å²) in [5.41, 5.74) is 2.32. The standard InChI is InChI=1S/C91H147N5O36S2/c1-90(2)70-75(73-133-132-131-101)77-66-79-81(72-92)80-67-78-76(74-134(102,103)104)71-91(3,4)95(83(78)69-85(80)129-84(79)68-82(77)94(90)18-11-7-9-13-89(100)130-96-87(98)14-15-88(96)99)17-10-6-8-12-86(97)93-16-19-106-22-23-108-26-27-110-30-31-112-34-35-114-38-39-116-42-43-118-46-47-120-50-51-122-54-55-124-58-59-126-62-63-128-65-64-127-61-60-125-57-56-123-53-52-121-49-48-119-45-44-117-41-40-115-37-36-113-33-32-111-29-28-109-25-24-107-21-20-105-5/h66-71H,6-65,73-74H2,1-5H3,(H2-,93,97,101,102,103,104)/p-1. The van der Waals surface area contributed by atoms with Gasteiger partial charge in [-0.1, -0.05) is 12.5 Å². The number of carbonyl (C=O) groups excluding carboxylic acids is 4. The second kappa shape index (κ2) is 74.0. The zero-order chi connectivity index (χ0) is 95.9. The third-order valence-corrected chi connectivity index (χ3v) is 21.6. The molecule has 4 heterocycles. The number of benzene rings is 2. The number of hydrogen-bond donors (Lipinski definition) is 1. The number of nitriles is 1. The number of hydroxylamine groups is 2. The largest absolute Gasteiger partial charge is 0.748 e. The van der Waals surface area contributed by atoms with Gasteiger partial charge in [0.2, 0.25) is 11.3 Å². The molecule has 2 aromatic rings. The van der Waals surface area contributed by atoms with Gasteiger partial charge in [-0.05, 0) is 68.9 Å². The van der Waals surface area contributed by atoms with E-state index in [9.17, 15) is 42.7 Å². The van der Waals surface area contributed by atoms with Crippen LogP contribution in [-0.2, 0) is 157 Å². The second-order valence-electron chi connectivity index (χ2n) is 31.5. The average Bonchev–Trinajstić information content (AvgIpc) is 0.742.